The molecule has 1 aromatic heterocycles. The van der Waals surface area contributed by atoms with Crippen molar-refractivity contribution in [3.8, 4) is 0 Å². The van der Waals surface area contributed by atoms with Crippen molar-refractivity contribution in [3.63, 3.8) is 0 Å². The number of benzene rings is 1. The van der Waals surface area contributed by atoms with Gasteiger partial charge in [0.15, 0.2) is 0 Å². The average Bonchev–Trinajstić information content (AvgIpc) is 3.20. The zero-order chi connectivity index (χ0) is 24.2. The van der Waals surface area contributed by atoms with Gasteiger partial charge in [0.2, 0.25) is 15.8 Å². The lowest BCUT2D eigenvalue weighted by atomic mass is 9.81. The van der Waals surface area contributed by atoms with Gasteiger partial charge in [-0.1, -0.05) is 13.8 Å². The molecular weight excluding hydrogens is 466 g/mol. The van der Waals surface area contributed by atoms with Crippen molar-refractivity contribution in [2.24, 2.45) is 5.92 Å². The summed E-state index contributed by atoms with van der Waals surface area (Å²) in [6.07, 6.45) is 4.56. The fourth-order valence-corrected chi connectivity index (χ4v) is 6.00. The normalized spacial score (nSPS) is 24.0. The molecule has 0 saturated heterocycles. The van der Waals surface area contributed by atoms with Gasteiger partial charge in [0.25, 0.3) is 10.0 Å². The van der Waals surface area contributed by atoms with Crippen LogP contribution < -0.4 is 14.8 Å². The van der Waals surface area contributed by atoms with Crippen molar-refractivity contribution in [3.05, 3.63) is 47.6 Å². The Morgan fingerprint density at radius 3 is 2.67 bits per heavy atom. The van der Waals surface area contributed by atoms with Crippen LogP contribution >= 0.6 is 0 Å². The van der Waals surface area contributed by atoms with Crippen LogP contribution in [0, 0.1) is 5.92 Å². The number of nitrogens with zero attached hydrogens (tertiary/aromatic N) is 2. The molecule has 1 atom stereocenters. The van der Waals surface area contributed by atoms with E-state index in [0.29, 0.717) is 23.6 Å². The van der Waals surface area contributed by atoms with E-state index in [2.05, 4.69) is 33.7 Å². The first-order chi connectivity index (χ1) is 15.3. The second-order valence-electron chi connectivity index (χ2n) is 9.23. The summed E-state index contributed by atoms with van der Waals surface area (Å²) in [6, 6.07) is 5.81. The molecule has 33 heavy (non-hydrogen) atoms. The van der Waals surface area contributed by atoms with Crippen molar-refractivity contribution >= 4 is 37.2 Å². The summed E-state index contributed by atoms with van der Waals surface area (Å²) in [4.78, 5) is 13.2. The molecule has 1 aromatic carbocycles. The molecule has 0 saturated carbocycles. The summed E-state index contributed by atoms with van der Waals surface area (Å²) in [5, 5.41) is 7.41. The summed E-state index contributed by atoms with van der Waals surface area (Å²) < 4.78 is 55.6. The van der Waals surface area contributed by atoms with Crippen LogP contribution in [0.5, 0.6) is 0 Å². The van der Waals surface area contributed by atoms with Gasteiger partial charge in [-0.3, -0.25) is 18.9 Å². The first-order valence-corrected chi connectivity index (χ1v) is 13.9. The standard InChI is InChI=1S/C21H27N5O5S2/c1-13(2)7-9-21(3)12-15(19(27)17-8-10-22-26(17)21)20-23-16-6-5-14(24-32(4,28)29)11-18(16)33(30,31)25-20/h5-6,8,10-11,13,23-25H,7,9,12H2,1-4H3/b20-15-. The molecule has 4 rings (SSSR count). The molecule has 3 N–H and O–H groups in total. The van der Waals surface area contributed by atoms with Crippen LogP contribution in [0.3, 0.4) is 0 Å². The quantitative estimate of drug-likeness (QED) is 0.544. The van der Waals surface area contributed by atoms with E-state index in [-0.39, 0.29) is 27.9 Å². The largest absolute Gasteiger partial charge is 0.340 e. The lowest BCUT2D eigenvalue weighted by Crippen LogP contribution is -2.43. The number of fused-ring (bicyclic) bond motifs is 2. The summed E-state index contributed by atoms with van der Waals surface area (Å²) >= 11 is 0. The molecule has 3 heterocycles. The number of ketones is 1. The van der Waals surface area contributed by atoms with Crippen LogP contribution in [0.25, 0.3) is 0 Å². The van der Waals surface area contributed by atoms with E-state index in [9.17, 15) is 21.6 Å². The van der Waals surface area contributed by atoms with Crippen molar-refractivity contribution in [1.29, 1.82) is 0 Å². The highest BCUT2D eigenvalue weighted by atomic mass is 32.2. The van der Waals surface area contributed by atoms with Gasteiger partial charge < -0.3 is 5.32 Å². The Balaban J connectivity index is 1.77. The van der Waals surface area contributed by atoms with Crippen molar-refractivity contribution in [2.45, 2.75) is 50.5 Å². The fourth-order valence-electron chi connectivity index (χ4n) is 4.20. The van der Waals surface area contributed by atoms with Gasteiger partial charge in [-0.15, -0.1) is 0 Å². The molecule has 12 heteroatoms. The smallest absolute Gasteiger partial charge is 0.265 e. The second kappa shape index (κ2) is 7.87. The van der Waals surface area contributed by atoms with Gasteiger partial charge in [-0.2, -0.15) is 5.10 Å². The van der Waals surface area contributed by atoms with Gasteiger partial charge in [0.05, 0.1) is 17.5 Å². The predicted molar refractivity (Wildman–Crippen MR) is 125 cm³/mol. The van der Waals surface area contributed by atoms with Gasteiger partial charge >= 0.3 is 0 Å². The molecule has 0 fully saturated rings. The summed E-state index contributed by atoms with van der Waals surface area (Å²) in [5.74, 6) is 0.278. The number of nitrogens with one attached hydrogen (secondary N) is 3. The minimum atomic E-state index is -4.05. The molecular formula is C21H27N5O5S2. The molecule has 0 bridgehead atoms. The van der Waals surface area contributed by atoms with E-state index >= 15 is 0 Å². The molecule has 2 aromatic rings. The summed E-state index contributed by atoms with van der Waals surface area (Å²) in [6.45, 7) is 6.27. The summed E-state index contributed by atoms with van der Waals surface area (Å²) in [7, 11) is -7.62. The third-order valence-corrected chi connectivity index (χ3v) is 7.85. The minimum Gasteiger partial charge on any atom is -0.340 e. The minimum absolute atomic E-state index is 0.111. The van der Waals surface area contributed by atoms with E-state index in [1.807, 2.05) is 6.92 Å². The van der Waals surface area contributed by atoms with E-state index in [0.717, 1.165) is 19.1 Å². The van der Waals surface area contributed by atoms with Gasteiger partial charge in [0.1, 0.15) is 16.4 Å². The maximum absolute atomic E-state index is 13.3. The molecule has 10 nitrogen and oxygen atoms in total. The van der Waals surface area contributed by atoms with Gasteiger partial charge in [-0.05, 0) is 49.9 Å². The molecule has 2 aliphatic heterocycles. The highest BCUT2D eigenvalue weighted by Crippen LogP contribution is 2.40. The van der Waals surface area contributed by atoms with Crippen LogP contribution in [-0.2, 0) is 25.6 Å². The van der Waals surface area contributed by atoms with Crippen molar-refractivity contribution in [2.75, 3.05) is 16.3 Å². The van der Waals surface area contributed by atoms with Gasteiger partial charge in [-0.25, -0.2) is 16.8 Å². The monoisotopic (exact) mass is 493 g/mol. The number of aromatic nitrogens is 2. The Morgan fingerprint density at radius 2 is 2.00 bits per heavy atom. The zero-order valence-corrected chi connectivity index (χ0v) is 20.5. The van der Waals surface area contributed by atoms with E-state index in [4.69, 9.17) is 0 Å². The number of carbonyl (C=O) groups is 1. The van der Waals surface area contributed by atoms with Crippen LogP contribution in [0.1, 0.15) is 50.5 Å². The first kappa shape index (κ1) is 23.3. The highest BCUT2D eigenvalue weighted by Gasteiger charge is 2.41. The van der Waals surface area contributed by atoms with Crippen molar-refractivity contribution in [1.82, 2.24) is 14.5 Å². The molecule has 0 aliphatic carbocycles. The molecule has 0 amide bonds. The second-order valence-corrected chi connectivity index (χ2v) is 12.6. The van der Waals surface area contributed by atoms with E-state index in [1.54, 1.807) is 16.9 Å². The highest BCUT2D eigenvalue weighted by molar-refractivity contribution is 7.92. The van der Waals surface area contributed by atoms with Gasteiger partial charge in [0, 0.05) is 23.9 Å². The third kappa shape index (κ3) is 4.49. The Bertz CT molecular complexity index is 1380. The third-order valence-electron chi connectivity index (χ3n) is 5.85. The SMILES string of the molecule is CC(C)CCC1(C)C/C(=C2\Nc3ccc(NS(C)(=O)=O)cc3S(=O)(=O)N2)C(=O)c2ccnn21. The zero-order valence-electron chi connectivity index (χ0n) is 18.8. The maximum Gasteiger partial charge on any atom is 0.265 e. The molecule has 178 valence electrons. The number of hydrogen-bond donors (Lipinski definition) is 3. The van der Waals surface area contributed by atoms with Crippen molar-refractivity contribution < 1.29 is 21.6 Å². The number of carbonyl (C=O) groups excluding carboxylic acids is 1. The topological polar surface area (TPSA) is 139 Å². The Morgan fingerprint density at radius 1 is 1.27 bits per heavy atom. The molecule has 1 unspecified atom stereocenters. The number of allylic oxidation sites excluding steroid dienone is 1. The van der Waals surface area contributed by atoms with Crippen LogP contribution in [0.4, 0.5) is 11.4 Å². The fraction of sp³-hybridized carbons (Fsp3) is 0.429. The average molecular weight is 494 g/mol. The molecule has 0 radical (unpaired) electrons. The van der Waals surface area contributed by atoms with Crippen LogP contribution in [0.15, 0.2) is 46.8 Å². The summed E-state index contributed by atoms with van der Waals surface area (Å²) in [5.41, 5.74) is 0.636. The van der Waals surface area contributed by atoms with E-state index < -0.39 is 25.6 Å². The number of Topliss-reactive ketones (excluding diaryl/α,β-unsaturated/α-hetero) is 1. The number of rotatable bonds is 5. The van der Waals surface area contributed by atoms with Crippen LogP contribution in [0.2, 0.25) is 0 Å². The number of sulfonamides is 2. The predicted octanol–water partition coefficient (Wildman–Crippen LogP) is 2.61. The first-order valence-electron chi connectivity index (χ1n) is 10.5. The van der Waals surface area contributed by atoms with E-state index in [1.165, 1.54) is 18.2 Å². The number of anilines is 2. The molecule has 2 aliphatic rings. The Hall–Kier alpha value is -2.86. The lowest BCUT2D eigenvalue weighted by molar-refractivity contribution is 0.0956. The Labute approximate surface area is 193 Å². The maximum atomic E-state index is 13.3. The number of hydrogen-bond acceptors (Lipinski definition) is 7. The molecule has 0 spiro atoms. The van der Waals surface area contributed by atoms with Crippen LogP contribution in [-0.4, -0.2) is 38.7 Å². The Kier molecular flexibility index (Phi) is 5.56. The lowest BCUT2D eigenvalue weighted by Gasteiger charge is -2.38.